The van der Waals surface area contributed by atoms with Gasteiger partial charge in [0.15, 0.2) is 0 Å². The van der Waals surface area contributed by atoms with Gasteiger partial charge in [0.2, 0.25) is 5.91 Å². The van der Waals surface area contributed by atoms with Crippen LogP contribution < -0.4 is 5.32 Å². The van der Waals surface area contributed by atoms with Crippen LogP contribution in [-0.4, -0.2) is 50.5 Å². The standard InChI is InChI=1S/C19H26N4O3/c24-10-7-20-19(26)6-5-16-12-17-14-22(8-2-9-23(17)21-16)13-15-3-1-4-18(25)11-15/h1,3-4,11-12,24-25H,2,5-10,13-14H2,(H,20,26). The van der Waals surface area contributed by atoms with Gasteiger partial charge >= 0.3 is 0 Å². The zero-order valence-corrected chi connectivity index (χ0v) is 14.9. The Morgan fingerprint density at radius 3 is 2.96 bits per heavy atom. The van der Waals surface area contributed by atoms with Gasteiger partial charge in [-0.3, -0.25) is 14.4 Å². The highest BCUT2D eigenvalue weighted by Crippen LogP contribution is 2.18. The molecule has 0 fully saturated rings. The van der Waals surface area contributed by atoms with Crippen molar-refractivity contribution in [3.8, 4) is 5.75 Å². The molecule has 0 bridgehead atoms. The summed E-state index contributed by atoms with van der Waals surface area (Å²) in [4.78, 5) is 14.0. The van der Waals surface area contributed by atoms with Gasteiger partial charge in [-0.25, -0.2) is 0 Å². The normalized spacial score (nSPS) is 14.7. The molecule has 0 aliphatic carbocycles. The molecule has 0 saturated carbocycles. The van der Waals surface area contributed by atoms with Crippen LogP contribution in [0.3, 0.4) is 0 Å². The molecular weight excluding hydrogens is 332 g/mol. The number of fused-ring (bicyclic) bond motifs is 1. The van der Waals surface area contributed by atoms with E-state index in [-0.39, 0.29) is 12.5 Å². The molecule has 7 heteroatoms. The number of nitrogens with zero attached hydrogens (tertiary/aromatic N) is 3. The second-order valence-electron chi connectivity index (χ2n) is 6.66. The lowest BCUT2D eigenvalue weighted by atomic mass is 10.2. The highest BCUT2D eigenvalue weighted by atomic mass is 16.3. The second kappa shape index (κ2) is 8.82. The van der Waals surface area contributed by atoms with Crippen molar-refractivity contribution in [3.05, 3.63) is 47.3 Å². The lowest BCUT2D eigenvalue weighted by molar-refractivity contribution is -0.121. The minimum Gasteiger partial charge on any atom is -0.508 e. The monoisotopic (exact) mass is 358 g/mol. The summed E-state index contributed by atoms with van der Waals surface area (Å²) < 4.78 is 2.05. The van der Waals surface area contributed by atoms with Gasteiger partial charge in [-0.2, -0.15) is 5.10 Å². The van der Waals surface area contributed by atoms with Gasteiger partial charge < -0.3 is 15.5 Å². The van der Waals surface area contributed by atoms with Gasteiger partial charge in [0.25, 0.3) is 0 Å². The third kappa shape index (κ3) is 5.06. The summed E-state index contributed by atoms with van der Waals surface area (Å²) in [6, 6.07) is 9.47. The quantitative estimate of drug-likeness (QED) is 0.688. The SMILES string of the molecule is O=C(CCc1cc2n(n1)CCCN(Cc1cccc(O)c1)C2)NCCO. The highest BCUT2D eigenvalue weighted by Gasteiger charge is 2.17. The minimum atomic E-state index is -0.0623. The van der Waals surface area contributed by atoms with E-state index in [9.17, 15) is 9.90 Å². The predicted molar refractivity (Wildman–Crippen MR) is 97.5 cm³/mol. The number of aryl methyl sites for hydroxylation is 2. The number of phenols is 1. The first-order valence-corrected chi connectivity index (χ1v) is 9.07. The Balaban J connectivity index is 1.59. The Labute approximate surface area is 153 Å². The fourth-order valence-corrected chi connectivity index (χ4v) is 3.28. The number of carbonyl (C=O) groups excluding carboxylic acids is 1. The summed E-state index contributed by atoms with van der Waals surface area (Å²) in [6.07, 6.45) is 2.00. The predicted octanol–water partition coefficient (Wildman–Crippen LogP) is 1.04. The number of amides is 1. The zero-order valence-electron chi connectivity index (χ0n) is 14.9. The number of benzene rings is 1. The summed E-state index contributed by atoms with van der Waals surface area (Å²) in [6.45, 7) is 3.71. The van der Waals surface area contributed by atoms with Crippen LogP contribution in [-0.2, 0) is 30.8 Å². The Bertz CT molecular complexity index is 744. The number of hydrogen-bond donors (Lipinski definition) is 3. The van der Waals surface area contributed by atoms with Gasteiger partial charge in [-0.15, -0.1) is 0 Å². The molecule has 26 heavy (non-hydrogen) atoms. The van der Waals surface area contributed by atoms with Crippen LogP contribution in [0, 0.1) is 0 Å². The van der Waals surface area contributed by atoms with Gasteiger partial charge in [0.1, 0.15) is 5.75 Å². The van der Waals surface area contributed by atoms with Crippen molar-refractivity contribution in [3.63, 3.8) is 0 Å². The number of aliphatic hydroxyl groups is 1. The number of carbonyl (C=O) groups is 1. The van der Waals surface area contributed by atoms with Crippen molar-refractivity contribution < 1.29 is 15.0 Å². The van der Waals surface area contributed by atoms with E-state index in [1.54, 1.807) is 12.1 Å². The van der Waals surface area contributed by atoms with Crippen LogP contribution in [0.25, 0.3) is 0 Å². The van der Waals surface area contributed by atoms with Gasteiger partial charge in [0.05, 0.1) is 18.0 Å². The van der Waals surface area contributed by atoms with Crippen LogP contribution in [0.1, 0.15) is 29.8 Å². The smallest absolute Gasteiger partial charge is 0.220 e. The Kier molecular flexibility index (Phi) is 6.25. The van der Waals surface area contributed by atoms with E-state index in [1.807, 2.05) is 16.8 Å². The maximum Gasteiger partial charge on any atom is 0.220 e. The number of phenolic OH excluding ortho intramolecular Hbond substituents is 1. The first kappa shape index (κ1) is 18.4. The maximum atomic E-state index is 11.7. The molecule has 2 aromatic rings. The Hall–Kier alpha value is -2.38. The fraction of sp³-hybridized carbons (Fsp3) is 0.474. The summed E-state index contributed by atoms with van der Waals surface area (Å²) in [5.41, 5.74) is 3.19. The summed E-state index contributed by atoms with van der Waals surface area (Å²) in [5, 5.41) is 25.7. The molecule has 0 spiro atoms. The van der Waals surface area contributed by atoms with Crippen molar-refractivity contribution >= 4 is 5.91 Å². The van der Waals surface area contributed by atoms with E-state index in [4.69, 9.17) is 5.11 Å². The molecule has 3 rings (SSSR count). The summed E-state index contributed by atoms with van der Waals surface area (Å²) in [5.74, 6) is 0.233. The molecule has 3 N–H and O–H groups in total. The lowest BCUT2D eigenvalue weighted by Gasteiger charge is -2.19. The number of hydrogen-bond acceptors (Lipinski definition) is 5. The largest absolute Gasteiger partial charge is 0.508 e. The molecule has 0 unspecified atom stereocenters. The zero-order chi connectivity index (χ0) is 18.4. The van der Waals surface area contributed by atoms with Crippen LogP contribution in [0.2, 0.25) is 0 Å². The van der Waals surface area contributed by atoms with E-state index in [2.05, 4.69) is 21.4 Å². The molecule has 2 heterocycles. The van der Waals surface area contributed by atoms with E-state index >= 15 is 0 Å². The Morgan fingerprint density at radius 1 is 1.27 bits per heavy atom. The second-order valence-corrected chi connectivity index (χ2v) is 6.66. The van der Waals surface area contributed by atoms with E-state index < -0.39 is 0 Å². The van der Waals surface area contributed by atoms with Crippen molar-refractivity contribution in [2.75, 3.05) is 19.7 Å². The van der Waals surface area contributed by atoms with E-state index in [0.717, 1.165) is 49.6 Å². The molecule has 1 aromatic heterocycles. The number of rotatable bonds is 7. The number of aliphatic hydroxyl groups excluding tert-OH is 1. The maximum absolute atomic E-state index is 11.7. The van der Waals surface area contributed by atoms with E-state index in [0.29, 0.717) is 25.1 Å². The van der Waals surface area contributed by atoms with E-state index in [1.165, 1.54) is 0 Å². The Morgan fingerprint density at radius 2 is 2.15 bits per heavy atom. The van der Waals surface area contributed by atoms with Crippen molar-refractivity contribution in [1.82, 2.24) is 20.0 Å². The van der Waals surface area contributed by atoms with Crippen LogP contribution in [0.15, 0.2) is 30.3 Å². The molecule has 140 valence electrons. The molecule has 0 radical (unpaired) electrons. The third-order valence-corrected chi connectivity index (χ3v) is 4.50. The molecule has 1 aliphatic rings. The molecular formula is C19H26N4O3. The van der Waals surface area contributed by atoms with Crippen LogP contribution >= 0.6 is 0 Å². The molecule has 1 amide bonds. The average Bonchev–Trinajstić information content (AvgIpc) is 2.90. The van der Waals surface area contributed by atoms with Crippen molar-refractivity contribution in [2.24, 2.45) is 0 Å². The molecule has 7 nitrogen and oxygen atoms in total. The minimum absolute atomic E-state index is 0.0421. The first-order valence-electron chi connectivity index (χ1n) is 9.07. The molecule has 0 saturated heterocycles. The first-order chi connectivity index (χ1) is 12.6. The van der Waals surface area contributed by atoms with Crippen molar-refractivity contribution in [1.29, 1.82) is 0 Å². The van der Waals surface area contributed by atoms with Gasteiger partial charge in [-0.1, -0.05) is 12.1 Å². The van der Waals surface area contributed by atoms with Crippen LogP contribution in [0.4, 0.5) is 0 Å². The third-order valence-electron chi connectivity index (χ3n) is 4.50. The molecule has 0 atom stereocenters. The van der Waals surface area contributed by atoms with Gasteiger partial charge in [0, 0.05) is 45.6 Å². The number of aromatic nitrogens is 2. The average molecular weight is 358 g/mol. The topological polar surface area (TPSA) is 90.6 Å². The number of nitrogens with one attached hydrogen (secondary N) is 1. The van der Waals surface area contributed by atoms with Crippen LogP contribution in [0.5, 0.6) is 5.75 Å². The molecule has 1 aliphatic heterocycles. The lowest BCUT2D eigenvalue weighted by Crippen LogP contribution is -2.26. The summed E-state index contributed by atoms with van der Waals surface area (Å²) in [7, 11) is 0. The highest BCUT2D eigenvalue weighted by molar-refractivity contribution is 5.76. The fourth-order valence-electron chi connectivity index (χ4n) is 3.28. The molecule has 1 aromatic carbocycles. The summed E-state index contributed by atoms with van der Waals surface area (Å²) >= 11 is 0. The van der Waals surface area contributed by atoms with Crippen molar-refractivity contribution in [2.45, 2.75) is 38.9 Å². The van der Waals surface area contributed by atoms with Gasteiger partial charge in [-0.05, 0) is 30.2 Å². The number of aromatic hydroxyl groups is 1.